The van der Waals surface area contributed by atoms with E-state index in [0.717, 1.165) is 58.0 Å². The van der Waals surface area contributed by atoms with Crippen LogP contribution < -0.4 is 5.73 Å². The van der Waals surface area contributed by atoms with Gasteiger partial charge >= 0.3 is 0 Å². The van der Waals surface area contributed by atoms with Crippen molar-refractivity contribution in [3.8, 4) is 0 Å². The number of ether oxygens (including phenoxy) is 1. The van der Waals surface area contributed by atoms with Gasteiger partial charge < -0.3 is 15.4 Å². The Morgan fingerprint density at radius 3 is 1.74 bits per heavy atom. The van der Waals surface area contributed by atoms with Crippen LogP contribution in [-0.2, 0) is 11.2 Å². The van der Waals surface area contributed by atoms with Gasteiger partial charge in [0.15, 0.2) is 0 Å². The molecular weight excluding hydrogens is 382 g/mol. The molecule has 1 saturated heterocycles. The van der Waals surface area contributed by atoms with Crippen molar-refractivity contribution < 1.29 is 4.74 Å². The zero-order chi connectivity index (χ0) is 21.3. The Hall–Kier alpha value is -2.66. The van der Waals surface area contributed by atoms with Crippen molar-refractivity contribution in [1.82, 2.24) is 9.80 Å². The van der Waals surface area contributed by atoms with E-state index < -0.39 is 0 Å². The van der Waals surface area contributed by atoms with Gasteiger partial charge in [0.2, 0.25) is 0 Å². The van der Waals surface area contributed by atoms with Crippen LogP contribution >= 0.6 is 0 Å². The van der Waals surface area contributed by atoms with Crippen molar-refractivity contribution in [1.29, 1.82) is 0 Å². The van der Waals surface area contributed by atoms with Crippen LogP contribution in [0.4, 0.5) is 5.69 Å². The Morgan fingerprint density at radius 2 is 1.19 bits per heavy atom. The highest BCUT2D eigenvalue weighted by Crippen LogP contribution is 2.25. The summed E-state index contributed by atoms with van der Waals surface area (Å²) in [5.41, 5.74) is 10.4. The van der Waals surface area contributed by atoms with Crippen LogP contribution in [-0.4, -0.2) is 55.7 Å². The lowest BCUT2D eigenvalue weighted by molar-refractivity contribution is 0.0454. The molecule has 3 aromatic carbocycles. The summed E-state index contributed by atoms with van der Waals surface area (Å²) in [6.07, 6.45) is 1.07. The van der Waals surface area contributed by atoms with Gasteiger partial charge in [-0.25, -0.2) is 0 Å². The molecule has 162 valence electrons. The number of nitrogens with two attached hydrogens (primary N) is 1. The summed E-state index contributed by atoms with van der Waals surface area (Å²) in [5, 5.41) is 0. The molecule has 0 spiro atoms. The minimum absolute atomic E-state index is 0.0106. The third-order valence-electron chi connectivity index (χ3n) is 6.06. The maximum Gasteiger partial charge on any atom is 0.108 e. The topological polar surface area (TPSA) is 41.7 Å². The summed E-state index contributed by atoms with van der Waals surface area (Å²) in [5.74, 6) is 0. The first kappa shape index (κ1) is 21.6. The smallest absolute Gasteiger partial charge is 0.108 e. The Morgan fingerprint density at radius 1 is 0.677 bits per heavy atom. The molecule has 4 heteroatoms. The van der Waals surface area contributed by atoms with E-state index in [-0.39, 0.29) is 6.10 Å². The van der Waals surface area contributed by atoms with Gasteiger partial charge in [-0.15, -0.1) is 0 Å². The normalized spacial score (nSPS) is 15.4. The van der Waals surface area contributed by atoms with Crippen molar-refractivity contribution in [2.24, 2.45) is 0 Å². The summed E-state index contributed by atoms with van der Waals surface area (Å²) in [7, 11) is 0. The number of piperazine rings is 1. The second kappa shape index (κ2) is 11.1. The van der Waals surface area contributed by atoms with Crippen LogP contribution in [0.5, 0.6) is 0 Å². The molecule has 0 unspecified atom stereocenters. The summed E-state index contributed by atoms with van der Waals surface area (Å²) >= 11 is 0. The third kappa shape index (κ3) is 6.41. The van der Waals surface area contributed by atoms with Crippen molar-refractivity contribution in [3.63, 3.8) is 0 Å². The van der Waals surface area contributed by atoms with Crippen molar-refractivity contribution in [3.05, 3.63) is 102 Å². The molecule has 31 heavy (non-hydrogen) atoms. The van der Waals surface area contributed by atoms with Gasteiger partial charge in [-0.2, -0.15) is 0 Å². The molecule has 3 aromatic rings. The maximum atomic E-state index is 6.39. The van der Waals surface area contributed by atoms with Crippen LogP contribution in [0, 0.1) is 0 Å². The molecule has 2 N–H and O–H groups in total. The fourth-order valence-electron chi connectivity index (χ4n) is 4.15. The highest BCUT2D eigenvalue weighted by atomic mass is 16.5. The first-order valence-electron chi connectivity index (χ1n) is 11.3. The largest absolute Gasteiger partial charge is 0.399 e. The van der Waals surface area contributed by atoms with E-state index in [1.54, 1.807) is 0 Å². The lowest BCUT2D eigenvalue weighted by atomic mass is 10.0. The predicted octanol–water partition coefficient (Wildman–Crippen LogP) is 4.24. The van der Waals surface area contributed by atoms with Gasteiger partial charge in [-0.05, 0) is 35.2 Å². The molecule has 0 saturated carbocycles. The molecule has 0 radical (unpaired) electrons. The predicted molar refractivity (Wildman–Crippen MR) is 128 cm³/mol. The van der Waals surface area contributed by atoms with Crippen molar-refractivity contribution in [2.45, 2.75) is 12.5 Å². The SMILES string of the molecule is Nc1ccc(CCN2CCN(CCOC(c3ccccc3)c3ccccc3)CC2)cc1. The molecule has 0 aliphatic carbocycles. The van der Waals surface area contributed by atoms with E-state index in [0.29, 0.717) is 0 Å². The van der Waals surface area contributed by atoms with Gasteiger partial charge in [-0.1, -0.05) is 72.8 Å². The highest BCUT2D eigenvalue weighted by Gasteiger charge is 2.18. The van der Waals surface area contributed by atoms with E-state index in [1.807, 2.05) is 12.1 Å². The van der Waals surface area contributed by atoms with E-state index in [4.69, 9.17) is 10.5 Å². The fraction of sp³-hybridized carbons (Fsp3) is 0.333. The Labute approximate surface area is 186 Å². The molecule has 4 rings (SSSR count). The minimum Gasteiger partial charge on any atom is -0.399 e. The second-order valence-electron chi connectivity index (χ2n) is 8.25. The van der Waals surface area contributed by atoms with Crippen LogP contribution in [0.15, 0.2) is 84.9 Å². The minimum atomic E-state index is -0.0106. The first-order chi connectivity index (χ1) is 15.3. The lowest BCUT2D eigenvalue weighted by Crippen LogP contribution is -2.47. The first-order valence-corrected chi connectivity index (χ1v) is 11.3. The van der Waals surface area contributed by atoms with Gasteiger partial charge in [0.05, 0.1) is 6.61 Å². The molecule has 0 atom stereocenters. The molecule has 1 fully saturated rings. The Balaban J connectivity index is 1.22. The number of nitrogen functional groups attached to an aromatic ring is 1. The second-order valence-corrected chi connectivity index (χ2v) is 8.25. The van der Waals surface area contributed by atoms with Crippen LogP contribution in [0.1, 0.15) is 22.8 Å². The van der Waals surface area contributed by atoms with Gasteiger partial charge in [-0.3, -0.25) is 4.90 Å². The number of nitrogens with zero attached hydrogens (tertiary/aromatic N) is 2. The van der Waals surface area contributed by atoms with E-state index in [1.165, 1.54) is 16.7 Å². The van der Waals surface area contributed by atoms with Crippen LogP contribution in [0.3, 0.4) is 0 Å². The third-order valence-corrected chi connectivity index (χ3v) is 6.06. The zero-order valence-electron chi connectivity index (χ0n) is 18.2. The fourth-order valence-corrected chi connectivity index (χ4v) is 4.15. The molecule has 4 nitrogen and oxygen atoms in total. The monoisotopic (exact) mass is 415 g/mol. The summed E-state index contributed by atoms with van der Waals surface area (Å²) < 4.78 is 6.39. The number of rotatable bonds is 9. The maximum absolute atomic E-state index is 6.39. The highest BCUT2D eigenvalue weighted by molar-refractivity contribution is 5.39. The summed E-state index contributed by atoms with van der Waals surface area (Å²) in [6.45, 7) is 7.27. The summed E-state index contributed by atoms with van der Waals surface area (Å²) in [4.78, 5) is 5.08. The standard InChI is InChI=1S/C27H33N3O/c28-26-13-11-23(12-14-26)15-16-29-17-19-30(20-18-29)21-22-31-27(24-7-3-1-4-8-24)25-9-5-2-6-10-25/h1-14,27H,15-22,28H2. The summed E-state index contributed by atoms with van der Waals surface area (Å²) in [6, 6.07) is 29.3. The number of hydrogen-bond donors (Lipinski definition) is 1. The number of anilines is 1. The molecular formula is C27H33N3O. The van der Waals surface area contributed by atoms with Crippen molar-refractivity contribution in [2.75, 3.05) is 51.6 Å². The molecule has 0 amide bonds. The van der Waals surface area contributed by atoms with E-state index in [2.05, 4.69) is 82.6 Å². The van der Waals surface area contributed by atoms with Gasteiger partial charge in [0.1, 0.15) is 6.10 Å². The average Bonchev–Trinajstić information content (AvgIpc) is 2.83. The lowest BCUT2D eigenvalue weighted by Gasteiger charge is -2.35. The average molecular weight is 416 g/mol. The van der Waals surface area contributed by atoms with Crippen LogP contribution in [0.25, 0.3) is 0 Å². The zero-order valence-corrected chi connectivity index (χ0v) is 18.2. The molecule has 1 aliphatic rings. The van der Waals surface area contributed by atoms with Crippen molar-refractivity contribution >= 4 is 5.69 Å². The van der Waals surface area contributed by atoms with E-state index >= 15 is 0 Å². The molecule has 0 aromatic heterocycles. The molecule has 1 aliphatic heterocycles. The van der Waals surface area contributed by atoms with Gasteiger partial charge in [0, 0.05) is 45.0 Å². The van der Waals surface area contributed by atoms with E-state index in [9.17, 15) is 0 Å². The van der Waals surface area contributed by atoms with Gasteiger partial charge in [0.25, 0.3) is 0 Å². The quantitative estimate of drug-likeness (QED) is 0.531. The molecule has 1 heterocycles. The Kier molecular flexibility index (Phi) is 7.72. The number of hydrogen-bond acceptors (Lipinski definition) is 4. The molecule has 0 bridgehead atoms. The number of benzene rings is 3. The Bertz CT molecular complexity index is 851. The van der Waals surface area contributed by atoms with Crippen LogP contribution in [0.2, 0.25) is 0 Å².